The maximum atomic E-state index is 11.6. The molecule has 1 saturated heterocycles. The predicted molar refractivity (Wildman–Crippen MR) is 107 cm³/mol. The number of fused-ring (bicyclic) bond motifs is 1. The van der Waals surface area contributed by atoms with Gasteiger partial charge in [0.15, 0.2) is 11.9 Å². The smallest absolute Gasteiger partial charge is 0.387 e. The number of aromatic nitrogens is 4. The lowest BCUT2D eigenvalue weighted by molar-refractivity contribution is -0.0948. The van der Waals surface area contributed by atoms with Crippen molar-refractivity contribution >= 4 is 45.3 Å². The number of rotatable bonds is 8. The number of nitrogens with zero attached hydrogens (tertiary/aromatic N) is 4. The van der Waals surface area contributed by atoms with E-state index in [-0.39, 0.29) is 0 Å². The van der Waals surface area contributed by atoms with Crippen molar-refractivity contribution < 1.29 is 56.8 Å². The van der Waals surface area contributed by atoms with Gasteiger partial charge < -0.3 is 39.0 Å². The number of aliphatic hydroxyl groups is 2. The van der Waals surface area contributed by atoms with E-state index in [9.17, 15) is 29.1 Å². The van der Waals surface area contributed by atoms with Crippen LogP contribution in [0.2, 0.25) is 0 Å². The van der Waals surface area contributed by atoms with E-state index in [2.05, 4.69) is 35.4 Å². The molecule has 2 aromatic rings. The Hall–Kier alpha value is -0.740. The minimum atomic E-state index is -5.49. The van der Waals surface area contributed by atoms with Crippen LogP contribution in [-0.4, -0.2) is 73.7 Å². The van der Waals surface area contributed by atoms with E-state index in [0.717, 1.165) is 0 Å². The highest BCUT2D eigenvalue weighted by Gasteiger charge is 2.54. The molecule has 0 amide bonds. The quantitative estimate of drug-likeness (QED) is 0.235. The Morgan fingerprint density at radius 3 is 2.50 bits per heavy atom. The van der Waals surface area contributed by atoms with E-state index < -0.39 is 53.0 Å². The predicted octanol–water partition coefficient (Wildman–Crippen LogP) is -0.396. The van der Waals surface area contributed by atoms with Crippen LogP contribution < -0.4 is 0 Å². The number of aryl methyl sites for hydroxylation is 1. The van der Waals surface area contributed by atoms with Gasteiger partial charge in [-0.1, -0.05) is 0 Å². The molecule has 1 fully saturated rings. The monoisotopic (exact) mass is 536 g/mol. The van der Waals surface area contributed by atoms with Crippen LogP contribution in [0.15, 0.2) is 12.7 Å². The van der Waals surface area contributed by atoms with Crippen LogP contribution in [0.3, 0.4) is 0 Å². The average Bonchev–Trinajstić information content (AvgIpc) is 3.11. The minimum absolute atomic E-state index is 0.308. The van der Waals surface area contributed by atoms with E-state index >= 15 is 0 Å². The second kappa shape index (κ2) is 8.80. The van der Waals surface area contributed by atoms with Crippen LogP contribution in [0.4, 0.5) is 0 Å². The fourth-order valence-electron chi connectivity index (χ4n) is 2.99. The van der Waals surface area contributed by atoms with Crippen molar-refractivity contribution in [1.82, 2.24) is 19.5 Å². The van der Waals surface area contributed by atoms with Crippen molar-refractivity contribution in [2.45, 2.75) is 37.9 Å². The summed E-state index contributed by atoms with van der Waals surface area (Å²) in [6.07, 6.45) is -1.54. The first-order valence-electron chi connectivity index (χ1n) is 8.51. The Bertz CT molecular complexity index is 1150. The van der Waals surface area contributed by atoms with Crippen molar-refractivity contribution in [3.8, 4) is 0 Å². The molecular weight excluding hydrogens is 517 g/mol. The third-order valence-corrected chi connectivity index (χ3v) is 9.09. The van der Waals surface area contributed by atoms with E-state index in [0.29, 0.717) is 16.9 Å². The van der Waals surface area contributed by atoms with Gasteiger partial charge in [-0.3, -0.25) is 4.57 Å². The molecule has 20 heteroatoms. The lowest BCUT2D eigenvalue weighted by atomic mass is 9.96. The molecule has 1 aliphatic heterocycles. The number of aliphatic hydroxyl groups excluding tert-OH is 1. The Kier molecular flexibility index (Phi) is 7.12. The second-order valence-corrected chi connectivity index (χ2v) is 12.7. The molecule has 0 aliphatic carbocycles. The molecule has 6 unspecified atom stereocenters. The largest absolute Gasteiger partial charge is 0.488 e. The summed E-state index contributed by atoms with van der Waals surface area (Å²) in [7, 11) is -10.9. The van der Waals surface area contributed by atoms with Gasteiger partial charge in [0.05, 0.1) is 18.6 Å². The number of imidazole rings is 1. The zero-order valence-corrected chi connectivity index (χ0v) is 19.8. The van der Waals surface area contributed by atoms with Crippen LogP contribution in [0.1, 0.15) is 18.8 Å². The maximum Gasteiger partial charge on any atom is 0.488 e. The van der Waals surface area contributed by atoms with Crippen LogP contribution in [0.5, 0.6) is 0 Å². The van der Waals surface area contributed by atoms with Crippen LogP contribution in [-0.2, 0) is 38.8 Å². The molecule has 0 radical (unpaired) electrons. The first-order chi connectivity index (χ1) is 14.5. The summed E-state index contributed by atoms with van der Waals surface area (Å²) in [5, 5.41) is 21.3. The van der Waals surface area contributed by atoms with Gasteiger partial charge in [0.1, 0.15) is 29.7 Å². The summed E-state index contributed by atoms with van der Waals surface area (Å²) >= 11 is 4.52. The van der Waals surface area contributed by atoms with E-state index in [4.69, 9.17) is 19.0 Å². The summed E-state index contributed by atoms with van der Waals surface area (Å²) in [4.78, 5) is 48.7. The topological polar surface area (TPSA) is 236 Å². The normalized spacial score (nSPS) is 30.3. The van der Waals surface area contributed by atoms with Crippen molar-refractivity contribution in [2.24, 2.45) is 0 Å². The molecule has 3 rings (SSSR count). The Labute approximate surface area is 184 Å². The van der Waals surface area contributed by atoms with Gasteiger partial charge >= 0.3 is 22.4 Å². The molecule has 16 nitrogen and oxygen atoms in total. The molecular formula is C12H19N4O12P3S. The molecule has 32 heavy (non-hydrogen) atoms. The molecule has 0 saturated carbocycles. The summed E-state index contributed by atoms with van der Waals surface area (Å²) < 4.78 is 41.8. The average molecular weight is 536 g/mol. The van der Waals surface area contributed by atoms with Gasteiger partial charge in [-0.05, 0) is 25.7 Å². The summed E-state index contributed by atoms with van der Waals surface area (Å²) in [6, 6.07) is 0. The molecule has 3 heterocycles. The zero-order chi connectivity index (χ0) is 24.1. The molecule has 6 N–H and O–H groups in total. The fourth-order valence-corrected chi connectivity index (χ4v) is 6.96. The fraction of sp³-hybridized carbons (Fsp3) is 0.583. The van der Waals surface area contributed by atoms with Crippen molar-refractivity contribution in [2.75, 3.05) is 6.61 Å². The maximum absolute atomic E-state index is 11.6. The summed E-state index contributed by atoms with van der Waals surface area (Å²) in [5.41, 5.74) is -0.599. The minimum Gasteiger partial charge on any atom is -0.387 e. The van der Waals surface area contributed by atoms with Gasteiger partial charge in [-0.25, -0.2) is 28.4 Å². The lowest BCUT2D eigenvalue weighted by Crippen LogP contribution is -2.44. The highest BCUT2D eigenvalue weighted by molar-refractivity contribution is 8.08. The standard InChI is InChI=1S/C12H19N4O12P3S/c1-6-8-10(14-4-13-6)16(5-15-8)11-12(2,18)9(17)7(26-11)3-25-31(24,32)28-30(22,23)27-29(19,20)21/h4-5,7,9,11,17-18H,3H2,1-2H3,(H,22,23)(H,24,32)(H2,19,20,21). The third kappa shape index (κ3) is 5.66. The van der Waals surface area contributed by atoms with Crippen LogP contribution in [0, 0.1) is 6.92 Å². The van der Waals surface area contributed by atoms with Crippen LogP contribution >= 0.6 is 22.4 Å². The number of ether oxygens (including phenoxy) is 1. The third-order valence-electron chi connectivity index (χ3n) is 4.37. The molecule has 2 aromatic heterocycles. The number of hydrogen-bond donors (Lipinski definition) is 6. The summed E-state index contributed by atoms with van der Waals surface area (Å²) in [5.74, 6) is 0. The van der Waals surface area contributed by atoms with Crippen molar-refractivity contribution in [3.63, 3.8) is 0 Å². The Morgan fingerprint density at radius 1 is 1.22 bits per heavy atom. The molecule has 0 aromatic carbocycles. The van der Waals surface area contributed by atoms with Gasteiger partial charge in [0.25, 0.3) is 0 Å². The number of hydrogen-bond acceptors (Lipinski definition) is 12. The molecule has 0 spiro atoms. The first kappa shape index (κ1) is 25.9. The van der Waals surface area contributed by atoms with Gasteiger partial charge in [-0.15, -0.1) is 0 Å². The first-order valence-corrected chi connectivity index (χ1v) is 14.1. The van der Waals surface area contributed by atoms with Crippen molar-refractivity contribution in [3.05, 3.63) is 18.3 Å². The van der Waals surface area contributed by atoms with Gasteiger partial charge in [-0.2, -0.15) is 4.31 Å². The van der Waals surface area contributed by atoms with E-state index in [1.54, 1.807) is 6.92 Å². The SMILES string of the molecule is Cc1ncnc2c1ncn2C1OC(COP(O)(=S)OP(=O)(O)OP(=O)(O)O)C(O)C1(C)O. The Morgan fingerprint density at radius 2 is 1.88 bits per heavy atom. The molecule has 180 valence electrons. The van der Waals surface area contributed by atoms with Gasteiger partial charge in [0, 0.05) is 0 Å². The highest BCUT2D eigenvalue weighted by atomic mass is 32.5. The molecule has 1 aliphatic rings. The lowest BCUT2D eigenvalue weighted by Gasteiger charge is -2.27. The van der Waals surface area contributed by atoms with Gasteiger partial charge in [0.2, 0.25) is 0 Å². The summed E-state index contributed by atoms with van der Waals surface area (Å²) in [6.45, 7) is -2.38. The number of phosphoric acid groups is 2. The van der Waals surface area contributed by atoms with Crippen LogP contribution in [0.25, 0.3) is 11.2 Å². The van der Waals surface area contributed by atoms with E-state index in [1.165, 1.54) is 24.1 Å². The second-order valence-electron chi connectivity index (χ2n) is 6.87. The van der Waals surface area contributed by atoms with Crippen molar-refractivity contribution in [1.29, 1.82) is 0 Å². The molecule has 6 atom stereocenters. The molecule has 0 bridgehead atoms. The Balaban J connectivity index is 1.74. The van der Waals surface area contributed by atoms with E-state index in [1.807, 2.05) is 0 Å². The zero-order valence-electron chi connectivity index (χ0n) is 16.3. The highest BCUT2D eigenvalue weighted by Crippen LogP contribution is 2.66.